The first-order valence-corrected chi connectivity index (χ1v) is 8.20. The van der Waals surface area contributed by atoms with Crippen molar-refractivity contribution in [1.82, 2.24) is 4.98 Å². The molecule has 0 bridgehead atoms. The Hall–Kier alpha value is -0.710. The van der Waals surface area contributed by atoms with E-state index in [4.69, 9.17) is 0 Å². The smallest absolute Gasteiger partial charge is 0.0954 e. The summed E-state index contributed by atoms with van der Waals surface area (Å²) in [6.45, 7) is 0. The molecular formula is C14H17NOS2. The second kappa shape index (κ2) is 5.51. The molecule has 18 heavy (non-hydrogen) atoms. The summed E-state index contributed by atoms with van der Waals surface area (Å²) >= 11 is 3.42. The molecule has 2 aromatic heterocycles. The number of hydrogen-bond donors (Lipinski definition) is 1. The molecule has 4 heteroatoms. The molecule has 3 rings (SSSR count). The molecule has 2 heterocycles. The fraction of sp³-hybridized carbons (Fsp3) is 0.500. The zero-order chi connectivity index (χ0) is 12.4. The fourth-order valence-corrected chi connectivity index (χ4v) is 4.37. The van der Waals surface area contributed by atoms with Gasteiger partial charge in [-0.05, 0) is 37.3 Å². The van der Waals surface area contributed by atoms with Gasteiger partial charge in [-0.2, -0.15) is 0 Å². The Balaban J connectivity index is 1.76. The minimum atomic E-state index is -0.381. The number of rotatable bonds is 3. The van der Waals surface area contributed by atoms with Gasteiger partial charge in [-0.1, -0.05) is 6.42 Å². The van der Waals surface area contributed by atoms with Crippen LogP contribution in [0.15, 0.2) is 17.6 Å². The van der Waals surface area contributed by atoms with Crippen molar-refractivity contribution in [1.29, 1.82) is 0 Å². The topological polar surface area (TPSA) is 33.1 Å². The van der Waals surface area contributed by atoms with E-state index in [-0.39, 0.29) is 6.10 Å². The van der Waals surface area contributed by atoms with Crippen LogP contribution in [0.2, 0.25) is 0 Å². The Kier molecular flexibility index (Phi) is 3.77. The Bertz CT molecular complexity index is 480. The van der Waals surface area contributed by atoms with Crippen molar-refractivity contribution in [2.24, 2.45) is 0 Å². The van der Waals surface area contributed by atoms with Crippen LogP contribution < -0.4 is 0 Å². The SMILES string of the molecule is OC(Cc1nccs1)c1cc2c(s1)CCCCC2. The Labute approximate surface area is 115 Å². The number of aliphatic hydroxyl groups is 1. The molecule has 0 fully saturated rings. The molecule has 0 radical (unpaired) electrons. The van der Waals surface area contributed by atoms with Gasteiger partial charge in [-0.15, -0.1) is 22.7 Å². The van der Waals surface area contributed by atoms with Gasteiger partial charge in [0.1, 0.15) is 0 Å². The van der Waals surface area contributed by atoms with Crippen LogP contribution in [0.1, 0.15) is 45.7 Å². The monoisotopic (exact) mass is 279 g/mol. The van der Waals surface area contributed by atoms with E-state index in [2.05, 4.69) is 11.1 Å². The van der Waals surface area contributed by atoms with Gasteiger partial charge in [0, 0.05) is 27.8 Å². The summed E-state index contributed by atoms with van der Waals surface area (Å²) in [7, 11) is 0. The van der Waals surface area contributed by atoms with E-state index in [9.17, 15) is 5.11 Å². The lowest BCUT2D eigenvalue weighted by Gasteiger charge is -2.05. The second-order valence-corrected chi connectivity index (χ2v) is 6.95. The normalized spacial score (nSPS) is 17.2. The zero-order valence-electron chi connectivity index (χ0n) is 10.3. The van der Waals surface area contributed by atoms with Crippen LogP contribution >= 0.6 is 22.7 Å². The number of aliphatic hydroxyl groups excluding tert-OH is 1. The van der Waals surface area contributed by atoms with Crippen molar-refractivity contribution in [2.45, 2.75) is 44.6 Å². The van der Waals surface area contributed by atoms with Crippen LogP contribution in [0.5, 0.6) is 0 Å². The van der Waals surface area contributed by atoms with Gasteiger partial charge in [0.2, 0.25) is 0 Å². The average Bonchev–Trinajstić information content (AvgIpc) is 2.95. The van der Waals surface area contributed by atoms with Crippen molar-refractivity contribution < 1.29 is 5.11 Å². The number of aryl methyl sites for hydroxylation is 2. The highest BCUT2D eigenvalue weighted by Crippen LogP contribution is 2.33. The summed E-state index contributed by atoms with van der Waals surface area (Å²) in [4.78, 5) is 6.86. The maximum atomic E-state index is 10.3. The van der Waals surface area contributed by atoms with Gasteiger partial charge >= 0.3 is 0 Å². The minimum Gasteiger partial charge on any atom is -0.387 e. The zero-order valence-corrected chi connectivity index (χ0v) is 11.9. The van der Waals surface area contributed by atoms with E-state index in [1.54, 1.807) is 28.9 Å². The Morgan fingerprint density at radius 2 is 2.17 bits per heavy atom. The minimum absolute atomic E-state index is 0.381. The Morgan fingerprint density at radius 3 is 3.00 bits per heavy atom. The predicted octanol–water partition coefficient (Wildman–Crippen LogP) is 3.75. The number of aromatic nitrogens is 1. The molecule has 1 aliphatic rings. The largest absolute Gasteiger partial charge is 0.387 e. The van der Waals surface area contributed by atoms with Gasteiger partial charge in [0.25, 0.3) is 0 Å². The second-order valence-electron chi connectivity index (χ2n) is 4.80. The molecule has 1 aliphatic carbocycles. The predicted molar refractivity (Wildman–Crippen MR) is 76.4 cm³/mol. The summed E-state index contributed by atoms with van der Waals surface area (Å²) in [6, 6.07) is 2.23. The van der Waals surface area contributed by atoms with E-state index in [0.717, 1.165) is 9.88 Å². The fourth-order valence-electron chi connectivity index (χ4n) is 2.47. The highest BCUT2D eigenvalue weighted by Gasteiger charge is 2.17. The van der Waals surface area contributed by atoms with Crippen molar-refractivity contribution in [3.05, 3.63) is 38.0 Å². The summed E-state index contributed by atoms with van der Waals surface area (Å²) in [5, 5.41) is 13.3. The molecule has 1 atom stereocenters. The maximum Gasteiger partial charge on any atom is 0.0954 e. The van der Waals surface area contributed by atoms with E-state index in [0.29, 0.717) is 6.42 Å². The molecule has 96 valence electrons. The number of thiazole rings is 1. The maximum absolute atomic E-state index is 10.3. The molecule has 2 nitrogen and oxygen atoms in total. The molecule has 0 saturated heterocycles. The number of hydrogen-bond acceptors (Lipinski definition) is 4. The standard InChI is InChI=1S/C14H17NOS2/c16-11(9-14-15-6-7-17-14)13-8-10-4-2-1-3-5-12(10)18-13/h6-8,11,16H,1-5,9H2. The third-order valence-corrected chi connectivity index (χ3v) is 5.59. The summed E-state index contributed by atoms with van der Waals surface area (Å²) in [6.07, 6.45) is 8.40. The highest BCUT2D eigenvalue weighted by atomic mass is 32.1. The van der Waals surface area contributed by atoms with Crippen molar-refractivity contribution in [3.8, 4) is 0 Å². The van der Waals surface area contributed by atoms with Crippen LogP contribution in [-0.4, -0.2) is 10.1 Å². The summed E-state index contributed by atoms with van der Waals surface area (Å²) in [5.74, 6) is 0. The van der Waals surface area contributed by atoms with E-state index in [1.807, 2.05) is 5.38 Å². The third-order valence-electron chi connectivity index (χ3n) is 3.45. The Morgan fingerprint density at radius 1 is 1.28 bits per heavy atom. The van der Waals surface area contributed by atoms with Crippen LogP contribution in [0.3, 0.4) is 0 Å². The summed E-state index contributed by atoms with van der Waals surface area (Å²) < 4.78 is 0. The van der Waals surface area contributed by atoms with Gasteiger partial charge < -0.3 is 5.11 Å². The lowest BCUT2D eigenvalue weighted by Crippen LogP contribution is -1.98. The average molecular weight is 279 g/mol. The number of thiophene rings is 1. The molecule has 1 unspecified atom stereocenters. The molecular weight excluding hydrogens is 262 g/mol. The lowest BCUT2D eigenvalue weighted by molar-refractivity contribution is 0.182. The number of nitrogens with zero attached hydrogens (tertiary/aromatic N) is 1. The van der Waals surface area contributed by atoms with Crippen molar-refractivity contribution in [3.63, 3.8) is 0 Å². The van der Waals surface area contributed by atoms with Crippen molar-refractivity contribution >= 4 is 22.7 Å². The molecule has 1 N–H and O–H groups in total. The quantitative estimate of drug-likeness (QED) is 0.868. The van der Waals surface area contributed by atoms with Gasteiger partial charge in [-0.3, -0.25) is 0 Å². The molecule has 0 spiro atoms. The van der Waals surface area contributed by atoms with E-state index >= 15 is 0 Å². The van der Waals surface area contributed by atoms with E-state index in [1.165, 1.54) is 42.5 Å². The molecule has 2 aromatic rings. The molecule has 0 aliphatic heterocycles. The molecule has 0 amide bonds. The molecule has 0 saturated carbocycles. The molecule has 0 aromatic carbocycles. The van der Waals surface area contributed by atoms with Crippen molar-refractivity contribution in [2.75, 3.05) is 0 Å². The van der Waals surface area contributed by atoms with Crippen LogP contribution in [-0.2, 0) is 19.3 Å². The van der Waals surface area contributed by atoms with Gasteiger partial charge in [0.05, 0.1) is 11.1 Å². The van der Waals surface area contributed by atoms with Crippen LogP contribution in [0.25, 0.3) is 0 Å². The van der Waals surface area contributed by atoms with Gasteiger partial charge in [-0.25, -0.2) is 4.98 Å². The lowest BCUT2D eigenvalue weighted by atomic mass is 10.1. The number of fused-ring (bicyclic) bond motifs is 1. The van der Waals surface area contributed by atoms with Crippen LogP contribution in [0.4, 0.5) is 0 Å². The first-order valence-electron chi connectivity index (χ1n) is 6.51. The first kappa shape index (κ1) is 12.3. The summed E-state index contributed by atoms with van der Waals surface area (Å²) in [5.41, 5.74) is 1.48. The van der Waals surface area contributed by atoms with Crippen LogP contribution in [0, 0.1) is 0 Å². The van der Waals surface area contributed by atoms with Gasteiger partial charge in [0.15, 0.2) is 0 Å². The first-order chi connectivity index (χ1) is 8.83. The highest BCUT2D eigenvalue weighted by molar-refractivity contribution is 7.12. The third kappa shape index (κ3) is 2.66. The van der Waals surface area contributed by atoms with E-state index < -0.39 is 0 Å².